The molecule has 1 aliphatic rings. The van der Waals surface area contributed by atoms with Gasteiger partial charge in [-0.05, 0) is 30.6 Å². The Morgan fingerprint density at radius 2 is 1.91 bits per heavy atom. The number of hydrogen-bond donors (Lipinski definition) is 0. The molecular weight excluding hydrogens is 136 g/mol. The van der Waals surface area contributed by atoms with Crippen molar-refractivity contribution in [1.82, 2.24) is 0 Å². The molecule has 1 aliphatic carbocycles. The summed E-state index contributed by atoms with van der Waals surface area (Å²) in [6, 6.07) is 0. The van der Waals surface area contributed by atoms with Gasteiger partial charge in [0.1, 0.15) is 0 Å². The number of hydrogen-bond acceptors (Lipinski definition) is 1. The van der Waals surface area contributed by atoms with Gasteiger partial charge in [0.25, 0.3) is 0 Å². The summed E-state index contributed by atoms with van der Waals surface area (Å²) in [5.74, 6) is 2.68. The van der Waals surface area contributed by atoms with Gasteiger partial charge in [0.2, 0.25) is 0 Å². The van der Waals surface area contributed by atoms with E-state index in [9.17, 15) is 0 Å². The summed E-state index contributed by atoms with van der Waals surface area (Å²) >= 11 is 0. The minimum Gasteiger partial charge on any atom is -0.384 e. The van der Waals surface area contributed by atoms with Crippen LogP contribution in [0.4, 0.5) is 0 Å². The summed E-state index contributed by atoms with van der Waals surface area (Å²) in [4.78, 5) is 0. The second-order valence-electron chi connectivity index (χ2n) is 4.09. The zero-order chi connectivity index (χ0) is 8.27. The highest BCUT2D eigenvalue weighted by molar-refractivity contribution is 4.74. The minimum absolute atomic E-state index is 0.839. The highest BCUT2D eigenvalue weighted by Crippen LogP contribution is 2.33. The molecule has 11 heavy (non-hydrogen) atoms. The highest BCUT2D eigenvalue weighted by Gasteiger charge is 2.23. The summed E-state index contributed by atoms with van der Waals surface area (Å²) < 4.78 is 5.16. The maximum absolute atomic E-state index is 5.16. The molecule has 0 aliphatic heterocycles. The Balaban J connectivity index is 2.28. The molecule has 0 heterocycles. The van der Waals surface area contributed by atoms with E-state index in [1.165, 1.54) is 19.3 Å². The second kappa shape index (κ2) is 4.10. The molecule has 3 atom stereocenters. The third-order valence-electron chi connectivity index (χ3n) is 3.11. The van der Waals surface area contributed by atoms with Gasteiger partial charge in [-0.25, -0.2) is 0 Å². The Hall–Kier alpha value is -0.0400. The average molecular weight is 156 g/mol. The van der Waals surface area contributed by atoms with Crippen molar-refractivity contribution in [3.8, 4) is 0 Å². The molecule has 0 radical (unpaired) electrons. The van der Waals surface area contributed by atoms with Crippen LogP contribution >= 0.6 is 0 Å². The number of rotatable bonds is 2. The van der Waals surface area contributed by atoms with Crippen molar-refractivity contribution in [2.24, 2.45) is 17.8 Å². The highest BCUT2D eigenvalue weighted by atomic mass is 16.5. The van der Waals surface area contributed by atoms with Crippen molar-refractivity contribution in [2.45, 2.75) is 33.1 Å². The van der Waals surface area contributed by atoms with Gasteiger partial charge < -0.3 is 4.74 Å². The molecule has 66 valence electrons. The molecule has 0 aromatic rings. The molecule has 0 aromatic carbocycles. The smallest absolute Gasteiger partial charge is 0.0490 e. The summed E-state index contributed by atoms with van der Waals surface area (Å²) in [6.07, 6.45) is 4.14. The van der Waals surface area contributed by atoms with E-state index in [4.69, 9.17) is 4.74 Å². The summed E-state index contributed by atoms with van der Waals surface area (Å²) in [6.45, 7) is 5.71. The topological polar surface area (TPSA) is 9.23 Å². The van der Waals surface area contributed by atoms with Crippen LogP contribution in [0.25, 0.3) is 0 Å². The molecule has 1 saturated carbocycles. The average Bonchev–Trinajstić information content (AvgIpc) is 1.98. The van der Waals surface area contributed by atoms with Crippen molar-refractivity contribution in [3.05, 3.63) is 0 Å². The van der Waals surface area contributed by atoms with Gasteiger partial charge in [0, 0.05) is 13.7 Å². The molecule has 0 saturated heterocycles. The number of ether oxygens (including phenoxy) is 1. The lowest BCUT2D eigenvalue weighted by Crippen LogP contribution is -2.23. The van der Waals surface area contributed by atoms with Gasteiger partial charge in [-0.2, -0.15) is 0 Å². The fourth-order valence-electron chi connectivity index (χ4n) is 2.05. The molecule has 1 nitrogen and oxygen atoms in total. The van der Waals surface area contributed by atoms with Crippen LogP contribution in [0.5, 0.6) is 0 Å². The van der Waals surface area contributed by atoms with Crippen LogP contribution in [-0.2, 0) is 4.74 Å². The Bertz CT molecular complexity index is 111. The Morgan fingerprint density at radius 3 is 2.45 bits per heavy atom. The second-order valence-corrected chi connectivity index (χ2v) is 4.09. The molecular formula is C10H20O. The quantitative estimate of drug-likeness (QED) is 0.597. The number of methoxy groups -OCH3 is 1. The van der Waals surface area contributed by atoms with E-state index in [0.29, 0.717) is 0 Å². The lowest BCUT2D eigenvalue weighted by atomic mass is 9.76. The van der Waals surface area contributed by atoms with E-state index in [-0.39, 0.29) is 0 Å². The van der Waals surface area contributed by atoms with E-state index >= 15 is 0 Å². The maximum Gasteiger partial charge on any atom is 0.0490 e. The lowest BCUT2D eigenvalue weighted by Gasteiger charge is -2.31. The van der Waals surface area contributed by atoms with Crippen LogP contribution in [0.1, 0.15) is 33.1 Å². The van der Waals surface area contributed by atoms with Crippen LogP contribution in [-0.4, -0.2) is 13.7 Å². The first-order valence-corrected chi connectivity index (χ1v) is 4.73. The minimum atomic E-state index is 0.839. The summed E-state index contributed by atoms with van der Waals surface area (Å²) in [5, 5.41) is 0. The third-order valence-corrected chi connectivity index (χ3v) is 3.11. The summed E-state index contributed by atoms with van der Waals surface area (Å²) in [7, 11) is 1.81. The predicted octanol–water partition coefficient (Wildman–Crippen LogP) is 2.71. The predicted molar refractivity (Wildman–Crippen MR) is 47.5 cm³/mol. The summed E-state index contributed by atoms with van der Waals surface area (Å²) in [5.41, 5.74) is 0. The zero-order valence-corrected chi connectivity index (χ0v) is 7.97. The van der Waals surface area contributed by atoms with Crippen LogP contribution < -0.4 is 0 Å². The van der Waals surface area contributed by atoms with Gasteiger partial charge >= 0.3 is 0 Å². The molecule has 1 fully saturated rings. The Morgan fingerprint density at radius 1 is 1.18 bits per heavy atom. The Kier molecular flexibility index (Phi) is 3.38. The molecule has 0 bridgehead atoms. The van der Waals surface area contributed by atoms with Crippen molar-refractivity contribution in [1.29, 1.82) is 0 Å². The van der Waals surface area contributed by atoms with E-state index in [1.54, 1.807) is 0 Å². The first kappa shape index (κ1) is 9.05. The fourth-order valence-corrected chi connectivity index (χ4v) is 2.05. The first-order valence-electron chi connectivity index (χ1n) is 4.73. The normalized spacial score (nSPS) is 39.0. The van der Waals surface area contributed by atoms with Crippen LogP contribution in [0.15, 0.2) is 0 Å². The van der Waals surface area contributed by atoms with Crippen molar-refractivity contribution in [2.75, 3.05) is 13.7 Å². The molecule has 0 spiro atoms. The van der Waals surface area contributed by atoms with Crippen LogP contribution in [0.2, 0.25) is 0 Å². The molecule has 0 amide bonds. The monoisotopic (exact) mass is 156 g/mol. The van der Waals surface area contributed by atoms with E-state index in [1.807, 2.05) is 7.11 Å². The van der Waals surface area contributed by atoms with E-state index in [0.717, 1.165) is 24.4 Å². The zero-order valence-electron chi connectivity index (χ0n) is 7.97. The fraction of sp³-hybridized carbons (Fsp3) is 1.00. The van der Waals surface area contributed by atoms with E-state index < -0.39 is 0 Å². The molecule has 0 aromatic heterocycles. The van der Waals surface area contributed by atoms with Crippen LogP contribution in [0.3, 0.4) is 0 Å². The molecule has 0 unspecified atom stereocenters. The standard InChI is InChI=1S/C10H20O/c1-8-4-5-10(7-11-3)6-9(8)2/h8-10H,4-7H2,1-3H3/t8-,9+,10-/m0/s1. The first-order chi connectivity index (χ1) is 5.24. The lowest BCUT2D eigenvalue weighted by molar-refractivity contribution is 0.0995. The Labute approximate surface area is 70.1 Å². The molecule has 0 N–H and O–H groups in total. The van der Waals surface area contributed by atoms with Gasteiger partial charge in [-0.3, -0.25) is 0 Å². The largest absolute Gasteiger partial charge is 0.384 e. The van der Waals surface area contributed by atoms with Crippen molar-refractivity contribution < 1.29 is 4.74 Å². The van der Waals surface area contributed by atoms with Gasteiger partial charge in [-0.1, -0.05) is 20.3 Å². The SMILES string of the molecule is COC[C@H]1CC[C@H](C)[C@H](C)C1. The van der Waals surface area contributed by atoms with Crippen LogP contribution in [0, 0.1) is 17.8 Å². The van der Waals surface area contributed by atoms with Gasteiger partial charge in [0.15, 0.2) is 0 Å². The molecule has 1 heteroatoms. The third kappa shape index (κ3) is 2.48. The van der Waals surface area contributed by atoms with Crippen molar-refractivity contribution in [3.63, 3.8) is 0 Å². The van der Waals surface area contributed by atoms with Gasteiger partial charge in [0.05, 0.1) is 0 Å². The van der Waals surface area contributed by atoms with E-state index in [2.05, 4.69) is 13.8 Å². The maximum atomic E-state index is 5.16. The van der Waals surface area contributed by atoms with Crippen molar-refractivity contribution >= 4 is 0 Å². The van der Waals surface area contributed by atoms with Gasteiger partial charge in [-0.15, -0.1) is 0 Å². The molecule has 1 rings (SSSR count).